The Labute approximate surface area is 175 Å². The molecule has 0 unspecified atom stereocenters. The molecule has 1 fully saturated rings. The van der Waals surface area contributed by atoms with Crippen molar-refractivity contribution in [2.75, 3.05) is 32.8 Å². The summed E-state index contributed by atoms with van der Waals surface area (Å²) in [7, 11) is -3.96. The Bertz CT molecular complexity index is 1030. The van der Waals surface area contributed by atoms with Gasteiger partial charge >= 0.3 is 5.97 Å². The van der Waals surface area contributed by atoms with Crippen LogP contribution in [-0.4, -0.2) is 62.3 Å². The lowest BCUT2D eigenvalue weighted by Gasteiger charge is -2.33. The highest BCUT2D eigenvalue weighted by atomic mass is 79.9. The minimum atomic E-state index is -3.96. The predicted octanol–water partition coefficient (Wildman–Crippen LogP) is 2.50. The Kier molecular flexibility index (Phi) is 6.39. The van der Waals surface area contributed by atoms with Crippen LogP contribution in [-0.2, 0) is 14.8 Å². The molecule has 1 aliphatic rings. The average Bonchev–Trinajstić information content (AvgIpc) is 3.19. The second-order valence-electron chi connectivity index (χ2n) is 6.16. The molecule has 0 saturated carbocycles. The summed E-state index contributed by atoms with van der Waals surface area (Å²) in [6, 6.07) is 6.22. The van der Waals surface area contributed by atoms with Crippen LogP contribution in [0, 0.1) is 5.82 Å². The molecule has 156 valence electrons. The summed E-state index contributed by atoms with van der Waals surface area (Å²) in [5, 5.41) is -0.360. The van der Waals surface area contributed by atoms with Crippen molar-refractivity contribution in [3.8, 4) is 0 Å². The average molecular weight is 489 g/mol. The van der Waals surface area contributed by atoms with Crippen LogP contribution in [0.1, 0.15) is 27.8 Å². The standard InChI is InChI=1S/C18H18BrFN2O6S/c1-2-27-18(24)15-5-6-16(28-15)29(25,26)22-9-7-21(8-10-22)17(23)13-4-3-12(20)11-14(13)19/h3-6,11H,2,7-10H2,1H3. The molecule has 1 amide bonds. The van der Waals surface area contributed by atoms with Gasteiger partial charge in [-0.05, 0) is 53.2 Å². The van der Waals surface area contributed by atoms with E-state index < -0.39 is 21.8 Å². The first kappa shape index (κ1) is 21.5. The van der Waals surface area contributed by atoms with Gasteiger partial charge < -0.3 is 14.1 Å². The summed E-state index contributed by atoms with van der Waals surface area (Å²) in [6.45, 7) is 2.21. The number of ether oxygens (including phenoxy) is 1. The smallest absolute Gasteiger partial charge is 0.374 e. The number of hydrogen-bond acceptors (Lipinski definition) is 6. The number of halogens is 2. The summed E-state index contributed by atoms with van der Waals surface area (Å²) >= 11 is 3.17. The van der Waals surface area contributed by atoms with Gasteiger partial charge in [-0.3, -0.25) is 4.79 Å². The number of hydrogen-bond donors (Lipinski definition) is 0. The predicted molar refractivity (Wildman–Crippen MR) is 103 cm³/mol. The highest BCUT2D eigenvalue weighted by Gasteiger charge is 2.33. The molecule has 1 aliphatic heterocycles. The third-order valence-corrected chi connectivity index (χ3v) is 6.77. The van der Waals surface area contributed by atoms with Crippen molar-refractivity contribution in [2.24, 2.45) is 0 Å². The number of rotatable bonds is 5. The fraction of sp³-hybridized carbons (Fsp3) is 0.333. The van der Waals surface area contributed by atoms with E-state index in [1.165, 1.54) is 39.5 Å². The molecule has 1 aromatic carbocycles. The van der Waals surface area contributed by atoms with Crippen LogP contribution >= 0.6 is 15.9 Å². The van der Waals surface area contributed by atoms with Crippen molar-refractivity contribution in [3.05, 3.63) is 51.9 Å². The first-order valence-electron chi connectivity index (χ1n) is 8.75. The maximum absolute atomic E-state index is 13.2. The van der Waals surface area contributed by atoms with E-state index in [-0.39, 0.29) is 49.5 Å². The van der Waals surface area contributed by atoms with E-state index in [4.69, 9.17) is 9.15 Å². The Morgan fingerprint density at radius 2 is 1.86 bits per heavy atom. The normalized spacial score (nSPS) is 15.3. The van der Waals surface area contributed by atoms with Gasteiger partial charge in [0.2, 0.25) is 10.9 Å². The molecule has 1 saturated heterocycles. The van der Waals surface area contributed by atoms with Crippen LogP contribution in [0.3, 0.4) is 0 Å². The Morgan fingerprint density at radius 1 is 1.17 bits per heavy atom. The highest BCUT2D eigenvalue weighted by Crippen LogP contribution is 2.23. The molecule has 8 nitrogen and oxygen atoms in total. The molecule has 2 heterocycles. The van der Waals surface area contributed by atoms with Crippen molar-refractivity contribution >= 4 is 37.8 Å². The van der Waals surface area contributed by atoms with Gasteiger partial charge in [0.25, 0.3) is 15.9 Å². The van der Waals surface area contributed by atoms with Crippen LogP contribution in [0.2, 0.25) is 0 Å². The maximum atomic E-state index is 13.2. The lowest BCUT2D eigenvalue weighted by atomic mass is 10.2. The number of benzene rings is 1. The van der Waals surface area contributed by atoms with Gasteiger partial charge in [-0.15, -0.1) is 0 Å². The van der Waals surface area contributed by atoms with Gasteiger partial charge in [-0.2, -0.15) is 4.31 Å². The highest BCUT2D eigenvalue weighted by molar-refractivity contribution is 9.10. The first-order chi connectivity index (χ1) is 13.7. The molecule has 0 spiro atoms. The molecular weight excluding hydrogens is 471 g/mol. The third-order valence-electron chi connectivity index (χ3n) is 4.34. The van der Waals surface area contributed by atoms with Crippen LogP contribution in [0.4, 0.5) is 4.39 Å². The summed E-state index contributed by atoms with van der Waals surface area (Å²) in [5.74, 6) is -1.73. The number of piperazine rings is 1. The van der Waals surface area contributed by atoms with Crippen molar-refractivity contribution in [2.45, 2.75) is 12.0 Å². The fourth-order valence-corrected chi connectivity index (χ4v) is 4.72. The van der Waals surface area contributed by atoms with Gasteiger partial charge in [-0.1, -0.05) is 0 Å². The number of amides is 1. The van der Waals surface area contributed by atoms with E-state index in [9.17, 15) is 22.4 Å². The molecule has 29 heavy (non-hydrogen) atoms. The molecule has 0 N–H and O–H groups in total. The molecule has 1 aromatic heterocycles. The molecule has 3 rings (SSSR count). The zero-order chi connectivity index (χ0) is 21.2. The number of carbonyl (C=O) groups is 2. The lowest BCUT2D eigenvalue weighted by Crippen LogP contribution is -2.50. The molecule has 11 heteroatoms. The number of esters is 1. The second-order valence-corrected chi connectivity index (χ2v) is 8.88. The second kappa shape index (κ2) is 8.64. The Morgan fingerprint density at radius 3 is 2.48 bits per heavy atom. The SMILES string of the molecule is CCOC(=O)c1ccc(S(=O)(=O)N2CCN(C(=O)c3ccc(F)cc3Br)CC2)o1. The van der Waals surface area contributed by atoms with Crippen LogP contribution in [0.15, 0.2) is 44.3 Å². The number of furan rings is 1. The molecule has 0 atom stereocenters. The van der Waals surface area contributed by atoms with E-state index in [1.54, 1.807) is 6.92 Å². The largest absolute Gasteiger partial charge is 0.460 e. The van der Waals surface area contributed by atoms with Crippen LogP contribution in [0.25, 0.3) is 0 Å². The summed E-state index contributed by atoms with van der Waals surface area (Å²) in [6.07, 6.45) is 0. The van der Waals surface area contributed by atoms with E-state index in [2.05, 4.69) is 15.9 Å². The molecule has 0 bridgehead atoms. The Hall–Kier alpha value is -2.24. The van der Waals surface area contributed by atoms with Crippen LogP contribution in [0.5, 0.6) is 0 Å². The van der Waals surface area contributed by atoms with Gasteiger partial charge in [0.05, 0.1) is 12.2 Å². The maximum Gasteiger partial charge on any atom is 0.374 e. The van der Waals surface area contributed by atoms with Crippen molar-refractivity contribution in [3.63, 3.8) is 0 Å². The zero-order valence-corrected chi connectivity index (χ0v) is 17.8. The molecular formula is C18H18BrFN2O6S. The topological polar surface area (TPSA) is 97.1 Å². The first-order valence-corrected chi connectivity index (χ1v) is 11.0. The molecule has 0 radical (unpaired) electrons. The minimum Gasteiger partial charge on any atom is -0.460 e. The summed E-state index contributed by atoms with van der Waals surface area (Å²) in [4.78, 5) is 25.8. The van der Waals surface area contributed by atoms with Crippen molar-refractivity contribution in [1.82, 2.24) is 9.21 Å². The van der Waals surface area contributed by atoms with Gasteiger partial charge in [0.1, 0.15) is 5.82 Å². The number of sulfonamides is 1. The monoisotopic (exact) mass is 488 g/mol. The van der Waals surface area contributed by atoms with E-state index in [0.29, 0.717) is 10.0 Å². The van der Waals surface area contributed by atoms with Gasteiger partial charge in [0, 0.05) is 30.7 Å². The summed E-state index contributed by atoms with van der Waals surface area (Å²) < 4.78 is 50.2. The molecule has 0 aliphatic carbocycles. The van der Waals surface area contributed by atoms with Gasteiger partial charge in [0.15, 0.2) is 0 Å². The van der Waals surface area contributed by atoms with Gasteiger partial charge in [-0.25, -0.2) is 17.6 Å². The lowest BCUT2D eigenvalue weighted by molar-refractivity contribution is 0.0483. The van der Waals surface area contributed by atoms with E-state index >= 15 is 0 Å². The summed E-state index contributed by atoms with van der Waals surface area (Å²) in [5.41, 5.74) is 0.299. The number of nitrogens with zero attached hydrogens (tertiary/aromatic N) is 2. The third kappa shape index (κ3) is 4.51. The van der Waals surface area contributed by atoms with Crippen molar-refractivity contribution < 1.29 is 31.6 Å². The number of carbonyl (C=O) groups excluding carboxylic acids is 2. The molecule has 2 aromatic rings. The zero-order valence-electron chi connectivity index (χ0n) is 15.4. The van der Waals surface area contributed by atoms with Crippen LogP contribution < -0.4 is 0 Å². The van der Waals surface area contributed by atoms with E-state index in [0.717, 1.165) is 0 Å². The van der Waals surface area contributed by atoms with E-state index in [1.807, 2.05) is 0 Å². The fourth-order valence-electron chi connectivity index (χ4n) is 2.86. The quantitative estimate of drug-likeness (QED) is 0.599. The van der Waals surface area contributed by atoms with Crippen molar-refractivity contribution in [1.29, 1.82) is 0 Å². The minimum absolute atomic E-state index is 0.0579. The Balaban J connectivity index is 1.68.